The molecule has 1 N–H and O–H groups in total. The van der Waals surface area contributed by atoms with Crippen molar-refractivity contribution in [3.05, 3.63) is 27.4 Å². The Hall–Kier alpha value is -1.16. The second-order valence-corrected chi connectivity index (χ2v) is 4.62. The lowest BCUT2D eigenvalue weighted by Crippen LogP contribution is -2.21. The van der Waals surface area contributed by atoms with Gasteiger partial charge < -0.3 is 4.98 Å². The fourth-order valence-corrected chi connectivity index (χ4v) is 2.41. The molecule has 15 heavy (non-hydrogen) atoms. The minimum absolute atomic E-state index is 0.0208. The van der Waals surface area contributed by atoms with E-state index in [4.69, 9.17) is 0 Å². The molecule has 0 aliphatic carbocycles. The van der Waals surface area contributed by atoms with E-state index in [0.29, 0.717) is 18.3 Å². The lowest BCUT2D eigenvalue weighted by Gasteiger charge is -2.23. The van der Waals surface area contributed by atoms with Gasteiger partial charge in [-0.2, -0.15) is 0 Å². The molecular formula is C11H17N3O. The molecule has 1 atom stereocenters. The van der Waals surface area contributed by atoms with E-state index in [1.807, 2.05) is 14.0 Å². The van der Waals surface area contributed by atoms with Crippen molar-refractivity contribution in [2.24, 2.45) is 5.92 Å². The number of H-pyrrole nitrogens is 1. The summed E-state index contributed by atoms with van der Waals surface area (Å²) in [4.78, 5) is 21.1. The van der Waals surface area contributed by atoms with Crippen LogP contribution in [0, 0.1) is 12.8 Å². The average Bonchev–Trinajstić information content (AvgIpc) is 2.41. The summed E-state index contributed by atoms with van der Waals surface area (Å²) in [5, 5.41) is 0. The van der Waals surface area contributed by atoms with Crippen molar-refractivity contribution < 1.29 is 0 Å². The van der Waals surface area contributed by atoms with Crippen LogP contribution in [0.15, 0.2) is 4.79 Å². The number of fused-ring (bicyclic) bond motifs is 1. The van der Waals surface area contributed by atoms with Crippen molar-refractivity contribution in [2.45, 2.75) is 33.4 Å². The molecule has 1 aromatic rings. The molecule has 0 amide bonds. The topological polar surface area (TPSA) is 49.0 Å². The first-order valence-corrected chi connectivity index (χ1v) is 5.30. The van der Waals surface area contributed by atoms with Crippen LogP contribution in [-0.2, 0) is 6.54 Å². The highest BCUT2D eigenvalue weighted by atomic mass is 16.1. The van der Waals surface area contributed by atoms with Crippen LogP contribution in [0.3, 0.4) is 0 Å². The Morgan fingerprint density at radius 2 is 2.20 bits per heavy atom. The quantitative estimate of drug-likeness (QED) is 0.753. The number of aryl methyl sites for hydroxylation is 1. The Morgan fingerprint density at radius 3 is 2.80 bits per heavy atom. The molecule has 1 aliphatic rings. The number of nitrogens with one attached hydrogen (secondary N) is 1. The van der Waals surface area contributed by atoms with Gasteiger partial charge in [-0.05, 0) is 19.9 Å². The molecular weight excluding hydrogens is 190 g/mol. The van der Waals surface area contributed by atoms with Crippen LogP contribution in [0.4, 0.5) is 0 Å². The summed E-state index contributed by atoms with van der Waals surface area (Å²) in [5.74, 6) is 1.18. The van der Waals surface area contributed by atoms with E-state index in [2.05, 4.69) is 28.7 Å². The van der Waals surface area contributed by atoms with Crippen LogP contribution >= 0.6 is 0 Å². The minimum Gasteiger partial charge on any atom is -0.310 e. The summed E-state index contributed by atoms with van der Waals surface area (Å²) in [6.45, 7) is 6.86. The molecule has 0 saturated heterocycles. The first-order chi connectivity index (χ1) is 7.00. The predicted molar refractivity (Wildman–Crippen MR) is 58.6 cm³/mol. The van der Waals surface area contributed by atoms with Crippen LogP contribution in [0.2, 0.25) is 0 Å². The summed E-state index contributed by atoms with van der Waals surface area (Å²) >= 11 is 0. The van der Waals surface area contributed by atoms with E-state index in [1.165, 1.54) is 0 Å². The lowest BCUT2D eigenvalue weighted by atomic mass is 10.0. The number of hydrogen-bond donors (Lipinski definition) is 1. The van der Waals surface area contributed by atoms with E-state index in [9.17, 15) is 4.79 Å². The van der Waals surface area contributed by atoms with Crippen molar-refractivity contribution >= 4 is 0 Å². The van der Waals surface area contributed by atoms with Gasteiger partial charge in [0.05, 0.1) is 17.3 Å². The highest BCUT2D eigenvalue weighted by Crippen LogP contribution is 2.34. The van der Waals surface area contributed by atoms with Crippen molar-refractivity contribution in [1.29, 1.82) is 0 Å². The van der Waals surface area contributed by atoms with E-state index in [1.54, 1.807) is 0 Å². The summed E-state index contributed by atoms with van der Waals surface area (Å²) in [7, 11) is 2.04. The summed E-state index contributed by atoms with van der Waals surface area (Å²) in [6.07, 6.45) is 0. The number of aromatic nitrogens is 2. The van der Waals surface area contributed by atoms with E-state index in [-0.39, 0.29) is 11.6 Å². The van der Waals surface area contributed by atoms with Gasteiger partial charge in [0.25, 0.3) is 5.56 Å². The smallest absolute Gasteiger partial charge is 0.255 e. The highest BCUT2D eigenvalue weighted by Gasteiger charge is 2.33. The first kappa shape index (κ1) is 10.4. The van der Waals surface area contributed by atoms with Crippen molar-refractivity contribution in [3.8, 4) is 0 Å². The number of nitrogens with zero attached hydrogens (tertiary/aromatic N) is 2. The van der Waals surface area contributed by atoms with Crippen LogP contribution in [0.5, 0.6) is 0 Å². The van der Waals surface area contributed by atoms with Gasteiger partial charge in [-0.25, -0.2) is 4.98 Å². The summed E-state index contributed by atoms with van der Waals surface area (Å²) < 4.78 is 0. The Kier molecular flexibility index (Phi) is 2.38. The van der Waals surface area contributed by atoms with Gasteiger partial charge >= 0.3 is 0 Å². The fraction of sp³-hybridized carbons (Fsp3) is 0.636. The van der Waals surface area contributed by atoms with Gasteiger partial charge in [-0.15, -0.1) is 0 Å². The molecule has 0 aromatic carbocycles. The maximum Gasteiger partial charge on any atom is 0.255 e. The second-order valence-electron chi connectivity index (χ2n) is 4.62. The number of aromatic amines is 1. The second kappa shape index (κ2) is 3.45. The minimum atomic E-state index is 0.0208. The molecule has 82 valence electrons. The molecule has 0 fully saturated rings. The zero-order valence-electron chi connectivity index (χ0n) is 9.66. The normalized spacial score (nSPS) is 21.0. The fourth-order valence-electron chi connectivity index (χ4n) is 2.41. The van der Waals surface area contributed by atoms with Crippen LogP contribution in [0.1, 0.15) is 37.0 Å². The third-order valence-corrected chi connectivity index (χ3v) is 2.96. The molecule has 4 heteroatoms. The molecule has 1 unspecified atom stereocenters. The molecule has 2 rings (SSSR count). The van der Waals surface area contributed by atoms with E-state index in [0.717, 1.165) is 11.3 Å². The third-order valence-electron chi connectivity index (χ3n) is 2.96. The average molecular weight is 207 g/mol. The van der Waals surface area contributed by atoms with Gasteiger partial charge in [0.1, 0.15) is 5.82 Å². The largest absolute Gasteiger partial charge is 0.310 e. The van der Waals surface area contributed by atoms with E-state index < -0.39 is 0 Å². The Balaban J connectivity index is 2.58. The zero-order chi connectivity index (χ0) is 11.2. The zero-order valence-corrected chi connectivity index (χ0v) is 9.66. The van der Waals surface area contributed by atoms with Crippen LogP contribution < -0.4 is 5.56 Å². The Morgan fingerprint density at radius 1 is 1.53 bits per heavy atom. The van der Waals surface area contributed by atoms with Crippen LogP contribution in [-0.4, -0.2) is 21.9 Å². The standard InChI is InChI=1S/C11H17N3O/c1-6(2)10-9-8(5-14(10)4)11(15)13-7(3)12-9/h6,10H,5H2,1-4H3,(H,12,13,15). The SMILES string of the molecule is Cc1nc2c(c(=O)[nH]1)CN(C)C2C(C)C. The molecule has 1 aliphatic heterocycles. The number of rotatable bonds is 1. The Bertz CT molecular complexity index is 436. The Labute approximate surface area is 89.3 Å². The van der Waals surface area contributed by atoms with E-state index >= 15 is 0 Å². The monoisotopic (exact) mass is 207 g/mol. The van der Waals surface area contributed by atoms with Crippen molar-refractivity contribution in [1.82, 2.24) is 14.9 Å². The highest BCUT2D eigenvalue weighted by molar-refractivity contribution is 5.26. The maximum atomic E-state index is 11.7. The molecule has 0 bridgehead atoms. The van der Waals surface area contributed by atoms with Gasteiger partial charge in [0.2, 0.25) is 0 Å². The predicted octanol–water partition coefficient (Wildman–Crippen LogP) is 1.22. The third kappa shape index (κ3) is 1.59. The molecule has 2 heterocycles. The summed E-state index contributed by atoms with van der Waals surface area (Å²) in [5.41, 5.74) is 1.82. The number of hydrogen-bond acceptors (Lipinski definition) is 3. The molecule has 0 spiro atoms. The molecule has 0 saturated carbocycles. The van der Waals surface area contributed by atoms with Gasteiger partial charge in [-0.3, -0.25) is 9.69 Å². The lowest BCUT2D eigenvalue weighted by molar-refractivity contribution is 0.211. The van der Waals surface area contributed by atoms with Crippen LogP contribution in [0.25, 0.3) is 0 Å². The summed E-state index contributed by atoms with van der Waals surface area (Å²) in [6, 6.07) is 0.279. The van der Waals surface area contributed by atoms with Gasteiger partial charge in [0, 0.05) is 6.54 Å². The van der Waals surface area contributed by atoms with Gasteiger partial charge in [0.15, 0.2) is 0 Å². The van der Waals surface area contributed by atoms with Crippen molar-refractivity contribution in [2.75, 3.05) is 7.05 Å². The molecule has 0 radical (unpaired) electrons. The molecule has 4 nitrogen and oxygen atoms in total. The van der Waals surface area contributed by atoms with Crippen molar-refractivity contribution in [3.63, 3.8) is 0 Å². The first-order valence-electron chi connectivity index (χ1n) is 5.30. The van der Waals surface area contributed by atoms with Gasteiger partial charge in [-0.1, -0.05) is 13.8 Å². The maximum absolute atomic E-state index is 11.7. The molecule has 1 aromatic heterocycles.